The summed E-state index contributed by atoms with van der Waals surface area (Å²) in [6, 6.07) is 6.73. The first-order chi connectivity index (χ1) is 8.93. The average Bonchev–Trinajstić information content (AvgIpc) is 2.37. The van der Waals surface area contributed by atoms with Crippen LogP contribution >= 0.6 is 0 Å². The van der Waals surface area contributed by atoms with Crippen LogP contribution in [0.4, 0.5) is 5.69 Å². The summed E-state index contributed by atoms with van der Waals surface area (Å²) >= 11 is 0. The molecule has 0 saturated heterocycles. The molecule has 0 aliphatic rings. The van der Waals surface area contributed by atoms with Crippen LogP contribution in [-0.4, -0.2) is 29.6 Å². The third-order valence-corrected chi connectivity index (χ3v) is 2.83. The molecule has 104 valence electrons. The molecular weight excluding hydrogens is 244 g/mol. The molecule has 1 atom stereocenters. The third kappa shape index (κ3) is 4.71. The lowest BCUT2D eigenvalue weighted by Gasteiger charge is -2.19. The van der Waals surface area contributed by atoms with Crippen molar-refractivity contribution in [2.24, 2.45) is 5.92 Å². The minimum atomic E-state index is -0.742. The highest BCUT2D eigenvalue weighted by Crippen LogP contribution is 2.08. The number of benzene rings is 1. The van der Waals surface area contributed by atoms with E-state index in [1.165, 1.54) is 0 Å². The monoisotopic (exact) mass is 264 g/mol. The predicted octanol–water partition coefficient (Wildman–Crippen LogP) is 1.07. The Morgan fingerprint density at radius 2 is 1.74 bits per heavy atom. The van der Waals surface area contributed by atoms with Crippen molar-refractivity contribution in [3.05, 3.63) is 29.8 Å². The Bertz CT molecular complexity index is 441. The fraction of sp³-hybridized carbons (Fsp3) is 0.429. The molecule has 0 bridgehead atoms. The third-order valence-electron chi connectivity index (χ3n) is 2.83. The first kappa shape index (κ1) is 15.2. The molecule has 0 unspecified atom stereocenters. The van der Waals surface area contributed by atoms with E-state index in [0.717, 1.165) is 5.56 Å². The lowest BCUT2D eigenvalue weighted by molar-refractivity contribution is -0.137. The molecule has 0 aliphatic heterocycles. The van der Waals surface area contributed by atoms with E-state index in [2.05, 4.69) is 10.6 Å². The van der Waals surface area contributed by atoms with E-state index in [1.54, 1.807) is 12.1 Å². The van der Waals surface area contributed by atoms with Crippen molar-refractivity contribution in [3.63, 3.8) is 0 Å². The molecule has 0 radical (unpaired) electrons. The Labute approximate surface area is 113 Å². The maximum atomic E-state index is 11.7. The number of carbonyl (C=O) groups is 2. The molecule has 0 heterocycles. The van der Waals surface area contributed by atoms with Gasteiger partial charge in [-0.25, -0.2) is 0 Å². The molecule has 19 heavy (non-hydrogen) atoms. The number of aliphatic hydroxyl groups is 1. The van der Waals surface area contributed by atoms with Gasteiger partial charge in [0, 0.05) is 5.69 Å². The standard InChI is InChI=1S/C14H20N2O3/c1-9(2)12(8-17)16-14(19)13(18)15-11-6-4-10(3)5-7-11/h4-7,9,12,17H,8H2,1-3H3,(H,15,18)(H,16,19)/t12-/m1/s1. The van der Waals surface area contributed by atoms with Crippen LogP contribution in [0.2, 0.25) is 0 Å². The summed E-state index contributed by atoms with van der Waals surface area (Å²) < 4.78 is 0. The van der Waals surface area contributed by atoms with Gasteiger partial charge in [-0.05, 0) is 25.0 Å². The Kier molecular flexibility index (Phi) is 5.51. The summed E-state index contributed by atoms with van der Waals surface area (Å²) in [7, 11) is 0. The zero-order valence-corrected chi connectivity index (χ0v) is 11.4. The molecule has 0 spiro atoms. The first-order valence-electron chi connectivity index (χ1n) is 6.23. The highest BCUT2D eigenvalue weighted by Gasteiger charge is 2.20. The molecule has 0 aliphatic carbocycles. The lowest BCUT2D eigenvalue weighted by atomic mass is 10.1. The summed E-state index contributed by atoms with van der Waals surface area (Å²) in [4.78, 5) is 23.3. The Hall–Kier alpha value is -1.88. The van der Waals surface area contributed by atoms with E-state index in [-0.39, 0.29) is 12.5 Å². The Morgan fingerprint density at radius 3 is 2.21 bits per heavy atom. The fourth-order valence-electron chi connectivity index (χ4n) is 1.48. The fourth-order valence-corrected chi connectivity index (χ4v) is 1.48. The largest absolute Gasteiger partial charge is 0.394 e. The van der Waals surface area contributed by atoms with Gasteiger partial charge in [0.05, 0.1) is 12.6 Å². The molecule has 1 rings (SSSR count). The van der Waals surface area contributed by atoms with Gasteiger partial charge in [-0.2, -0.15) is 0 Å². The van der Waals surface area contributed by atoms with Gasteiger partial charge in [0.25, 0.3) is 0 Å². The number of nitrogens with one attached hydrogen (secondary N) is 2. The van der Waals surface area contributed by atoms with Crippen molar-refractivity contribution in [3.8, 4) is 0 Å². The van der Waals surface area contributed by atoms with Crippen LogP contribution in [0.15, 0.2) is 24.3 Å². The average molecular weight is 264 g/mol. The van der Waals surface area contributed by atoms with Crippen molar-refractivity contribution in [2.75, 3.05) is 11.9 Å². The maximum Gasteiger partial charge on any atom is 0.313 e. The summed E-state index contributed by atoms with van der Waals surface area (Å²) in [6.07, 6.45) is 0. The number of hydrogen-bond acceptors (Lipinski definition) is 3. The second-order valence-electron chi connectivity index (χ2n) is 4.83. The molecule has 2 amide bonds. The van der Waals surface area contributed by atoms with Gasteiger partial charge >= 0.3 is 11.8 Å². The first-order valence-corrected chi connectivity index (χ1v) is 6.23. The number of carbonyl (C=O) groups excluding carboxylic acids is 2. The molecule has 1 aromatic rings. The van der Waals surface area contributed by atoms with Gasteiger partial charge in [0.2, 0.25) is 0 Å². The van der Waals surface area contributed by atoms with Crippen molar-refractivity contribution >= 4 is 17.5 Å². The van der Waals surface area contributed by atoms with Crippen LogP contribution in [0.5, 0.6) is 0 Å². The van der Waals surface area contributed by atoms with E-state index in [1.807, 2.05) is 32.9 Å². The van der Waals surface area contributed by atoms with Crippen molar-refractivity contribution in [1.82, 2.24) is 5.32 Å². The van der Waals surface area contributed by atoms with E-state index < -0.39 is 17.9 Å². The smallest absolute Gasteiger partial charge is 0.313 e. The van der Waals surface area contributed by atoms with Gasteiger partial charge < -0.3 is 15.7 Å². The number of anilines is 1. The van der Waals surface area contributed by atoms with Gasteiger partial charge in [-0.1, -0.05) is 31.5 Å². The van der Waals surface area contributed by atoms with Crippen molar-refractivity contribution in [1.29, 1.82) is 0 Å². The number of amides is 2. The van der Waals surface area contributed by atoms with E-state index in [9.17, 15) is 9.59 Å². The second kappa shape index (κ2) is 6.89. The van der Waals surface area contributed by atoms with E-state index >= 15 is 0 Å². The topological polar surface area (TPSA) is 78.4 Å². The van der Waals surface area contributed by atoms with Crippen LogP contribution < -0.4 is 10.6 Å². The number of hydrogen-bond donors (Lipinski definition) is 3. The molecule has 3 N–H and O–H groups in total. The summed E-state index contributed by atoms with van der Waals surface area (Å²) in [5.41, 5.74) is 1.64. The van der Waals surface area contributed by atoms with Crippen LogP contribution in [0.25, 0.3) is 0 Å². The van der Waals surface area contributed by atoms with Gasteiger partial charge in [0.15, 0.2) is 0 Å². The highest BCUT2D eigenvalue weighted by atomic mass is 16.3. The molecule has 0 saturated carbocycles. The summed E-state index contributed by atoms with van der Waals surface area (Å²) in [5.74, 6) is -1.42. The minimum absolute atomic E-state index is 0.0566. The van der Waals surface area contributed by atoms with Crippen LogP contribution in [0, 0.1) is 12.8 Å². The summed E-state index contributed by atoms with van der Waals surface area (Å²) in [5, 5.41) is 14.1. The number of aryl methyl sites for hydroxylation is 1. The van der Waals surface area contributed by atoms with Gasteiger partial charge in [0.1, 0.15) is 0 Å². The van der Waals surface area contributed by atoms with Crippen molar-refractivity contribution < 1.29 is 14.7 Å². The van der Waals surface area contributed by atoms with Gasteiger partial charge in [-0.15, -0.1) is 0 Å². The van der Waals surface area contributed by atoms with E-state index in [0.29, 0.717) is 5.69 Å². The van der Waals surface area contributed by atoms with Crippen molar-refractivity contribution in [2.45, 2.75) is 26.8 Å². The van der Waals surface area contributed by atoms with E-state index in [4.69, 9.17) is 5.11 Å². The molecule has 5 heteroatoms. The zero-order chi connectivity index (χ0) is 14.4. The zero-order valence-electron chi connectivity index (χ0n) is 11.4. The molecule has 5 nitrogen and oxygen atoms in total. The highest BCUT2D eigenvalue weighted by molar-refractivity contribution is 6.39. The minimum Gasteiger partial charge on any atom is -0.394 e. The van der Waals surface area contributed by atoms with Crippen LogP contribution in [-0.2, 0) is 9.59 Å². The Morgan fingerprint density at radius 1 is 1.16 bits per heavy atom. The number of rotatable bonds is 4. The Balaban J connectivity index is 2.58. The second-order valence-corrected chi connectivity index (χ2v) is 4.83. The molecule has 1 aromatic carbocycles. The normalized spacial score (nSPS) is 12.1. The number of aliphatic hydroxyl groups excluding tert-OH is 1. The SMILES string of the molecule is Cc1ccc(NC(=O)C(=O)N[C@H](CO)C(C)C)cc1. The maximum absolute atomic E-state index is 11.7. The van der Waals surface area contributed by atoms with Crippen LogP contribution in [0.3, 0.4) is 0 Å². The molecular formula is C14H20N2O3. The lowest BCUT2D eigenvalue weighted by Crippen LogP contribution is -2.46. The molecule has 0 fully saturated rings. The summed E-state index contributed by atoms with van der Waals surface area (Å²) in [6.45, 7) is 5.46. The molecule has 0 aromatic heterocycles. The quantitative estimate of drug-likeness (QED) is 0.712. The van der Waals surface area contributed by atoms with Crippen LogP contribution in [0.1, 0.15) is 19.4 Å². The predicted molar refractivity (Wildman–Crippen MR) is 73.7 cm³/mol. The van der Waals surface area contributed by atoms with Gasteiger partial charge in [-0.3, -0.25) is 9.59 Å².